The average Bonchev–Trinajstić information content (AvgIpc) is 2.77. The first-order valence-corrected chi connectivity index (χ1v) is 9.50. The van der Waals surface area contributed by atoms with Gasteiger partial charge in [-0.2, -0.15) is 0 Å². The van der Waals surface area contributed by atoms with Gasteiger partial charge >= 0.3 is 5.97 Å². The molecule has 0 spiro atoms. The standard InChI is InChI=1S/C21H23N3O6/c1-29-21(26)18-10-17(11-19(12-18)24(27)28)20(25)22-13-15-3-2-4-16(9-15)14-23-5-7-30-8-6-23/h2-4,9-12H,5-8,13-14H2,1H3,(H,22,25). The van der Waals surface area contributed by atoms with Crippen molar-refractivity contribution in [3.05, 3.63) is 74.8 Å². The first kappa shape index (κ1) is 21.4. The lowest BCUT2D eigenvalue weighted by Gasteiger charge is -2.26. The second kappa shape index (κ2) is 9.95. The molecule has 30 heavy (non-hydrogen) atoms. The van der Waals surface area contributed by atoms with Gasteiger partial charge in [-0.25, -0.2) is 4.79 Å². The number of hydrogen-bond acceptors (Lipinski definition) is 7. The van der Waals surface area contributed by atoms with Crippen LogP contribution in [-0.4, -0.2) is 55.1 Å². The molecule has 1 N–H and O–H groups in total. The summed E-state index contributed by atoms with van der Waals surface area (Å²) in [5.41, 5.74) is 1.66. The van der Waals surface area contributed by atoms with E-state index in [-0.39, 0.29) is 23.4 Å². The number of ether oxygens (including phenoxy) is 2. The van der Waals surface area contributed by atoms with Crippen LogP contribution in [0.1, 0.15) is 31.8 Å². The number of nitrogens with one attached hydrogen (secondary N) is 1. The van der Waals surface area contributed by atoms with Crippen LogP contribution in [-0.2, 0) is 22.6 Å². The van der Waals surface area contributed by atoms with E-state index in [4.69, 9.17) is 4.74 Å². The minimum absolute atomic E-state index is 0.0223. The summed E-state index contributed by atoms with van der Waals surface area (Å²) in [7, 11) is 1.17. The molecular formula is C21H23N3O6. The predicted molar refractivity (Wildman–Crippen MR) is 108 cm³/mol. The number of nitro groups is 1. The van der Waals surface area contributed by atoms with Gasteiger partial charge in [0, 0.05) is 43.9 Å². The van der Waals surface area contributed by atoms with Crippen molar-refractivity contribution in [3.8, 4) is 0 Å². The van der Waals surface area contributed by atoms with Gasteiger partial charge in [-0.1, -0.05) is 24.3 Å². The molecule has 1 heterocycles. The third-order valence-electron chi connectivity index (χ3n) is 4.77. The van der Waals surface area contributed by atoms with E-state index in [2.05, 4.69) is 15.0 Å². The second-order valence-corrected chi connectivity index (χ2v) is 6.91. The molecule has 0 atom stereocenters. The highest BCUT2D eigenvalue weighted by Gasteiger charge is 2.18. The highest BCUT2D eigenvalue weighted by Crippen LogP contribution is 2.18. The van der Waals surface area contributed by atoms with Gasteiger partial charge in [0.1, 0.15) is 0 Å². The molecule has 0 saturated carbocycles. The molecule has 0 unspecified atom stereocenters. The van der Waals surface area contributed by atoms with Crippen LogP contribution in [0.15, 0.2) is 42.5 Å². The van der Waals surface area contributed by atoms with Crippen molar-refractivity contribution in [2.75, 3.05) is 33.4 Å². The Balaban J connectivity index is 1.68. The SMILES string of the molecule is COC(=O)c1cc(C(=O)NCc2cccc(CN3CCOCC3)c2)cc([N+](=O)[O-])c1. The monoisotopic (exact) mass is 413 g/mol. The summed E-state index contributed by atoms with van der Waals surface area (Å²) in [4.78, 5) is 37.1. The van der Waals surface area contributed by atoms with Crippen LogP contribution in [0.2, 0.25) is 0 Å². The van der Waals surface area contributed by atoms with Crippen molar-refractivity contribution in [2.45, 2.75) is 13.1 Å². The molecule has 2 aromatic carbocycles. The number of esters is 1. The molecular weight excluding hydrogens is 390 g/mol. The van der Waals surface area contributed by atoms with Crippen LogP contribution in [0.3, 0.4) is 0 Å². The maximum absolute atomic E-state index is 12.5. The van der Waals surface area contributed by atoms with E-state index < -0.39 is 16.8 Å². The van der Waals surface area contributed by atoms with Crippen LogP contribution in [0.25, 0.3) is 0 Å². The van der Waals surface area contributed by atoms with E-state index in [9.17, 15) is 19.7 Å². The average molecular weight is 413 g/mol. The fourth-order valence-electron chi connectivity index (χ4n) is 3.22. The summed E-state index contributed by atoms with van der Waals surface area (Å²) < 4.78 is 9.97. The van der Waals surface area contributed by atoms with E-state index in [1.807, 2.05) is 24.3 Å². The zero-order chi connectivity index (χ0) is 21.5. The van der Waals surface area contributed by atoms with Gasteiger partial charge in [0.25, 0.3) is 11.6 Å². The fourth-order valence-corrected chi connectivity index (χ4v) is 3.22. The summed E-state index contributed by atoms with van der Waals surface area (Å²) >= 11 is 0. The van der Waals surface area contributed by atoms with Crippen molar-refractivity contribution in [2.24, 2.45) is 0 Å². The Morgan fingerprint density at radius 2 is 1.83 bits per heavy atom. The number of carbonyl (C=O) groups is 2. The number of methoxy groups -OCH3 is 1. The van der Waals surface area contributed by atoms with Gasteiger partial charge in [-0.05, 0) is 17.2 Å². The van der Waals surface area contributed by atoms with Gasteiger partial charge < -0.3 is 14.8 Å². The van der Waals surface area contributed by atoms with E-state index >= 15 is 0 Å². The Morgan fingerprint density at radius 3 is 2.53 bits per heavy atom. The molecule has 1 saturated heterocycles. The molecule has 9 heteroatoms. The Hall–Kier alpha value is -3.30. The van der Waals surface area contributed by atoms with Gasteiger partial charge in [-0.3, -0.25) is 19.8 Å². The first-order chi connectivity index (χ1) is 14.5. The molecule has 3 rings (SSSR count). The molecule has 0 aliphatic carbocycles. The Kier molecular flexibility index (Phi) is 7.10. The van der Waals surface area contributed by atoms with Crippen LogP contribution in [0.5, 0.6) is 0 Å². The molecule has 0 radical (unpaired) electrons. The van der Waals surface area contributed by atoms with E-state index in [1.54, 1.807) is 0 Å². The molecule has 0 aromatic heterocycles. The lowest BCUT2D eigenvalue weighted by Crippen LogP contribution is -2.35. The third kappa shape index (κ3) is 5.62. The summed E-state index contributed by atoms with van der Waals surface area (Å²) in [5.74, 6) is -1.26. The number of non-ortho nitro benzene ring substituents is 1. The number of morpholine rings is 1. The lowest BCUT2D eigenvalue weighted by atomic mass is 10.1. The lowest BCUT2D eigenvalue weighted by molar-refractivity contribution is -0.384. The van der Waals surface area contributed by atoms with Crippen molar-refractivity contribution in [1.82, 2.24) is 10.2 Å². The topological polar surface area (TPSA) is 111 Å². The highest BCUT2D eigenvalue weighted by atomic mass is 16.6. The molecule has 9 nitrogen and oxygen atoms in total. The second-order valence-electron chi connectivity index (χ2n) is 6.91. The van der Waals surface area contributed by atoms with Crippen molar-refractivity contribution in [3.63, 3.8) is 0 Å². The van der Waals surface area contributed by atoms with Crippen LogP contribution < -0.4 is 5.32 Å². The Bertz CT molecular complexity index is 940. The minimum Gasteiger partial charge on any atom is -0.465 e. The molecule has 1 aliphatic heterocycles. The maximum atomic E-state index is 12.5. The molecule has 1 amide bonds. The number of amides is 1. The van der Waals surface area contributed by atoms with Crippen molar-refractivity contribution in [1.29, 1.82) is 0 Å². The normalized spacial score (nSPS) is 14.2. The van der Waals surface area contributed by atoms with Gasteiger partial charge in [0.15, 0.2) is 0 Å². The molecule has 1 fully saturated rings. The van der Waals surface area contributed by atoms with Crippen LogP contribution in [0, 0.1) is 10.1 Å². The zero-order valence-electron chi connectivity index (χ0n) is 16.6. The number of benzene rings is 2. The highest BCUT2D eigenvalue weighted by molar-refractivity contribution is 5.98. The Labute approximate surface area is 173 Å². The minimum atomic E-state index is -0.747. The van der Waals surface area contributed by atoms with Gasteiger partial charge in [0.2, 0.25) is 0 Å². The smallest absolute Gasteiger partial charge is 0.338 e. The maximum Gasteiger partial charge on any atom is 0.338 e. The number of nitrogens with zero attached hydrogens (tertiary/aromatic N) is 2. The predicted octanol–water partition coefficient (Wildman–Crippen LogP) is 2.14. The molecule has 1 aliphatic rings. The van der Waals surface area contributed by atoms with Crippen molar-refractivity contribution >= 4 is 17.6 Å². The quantitative estimate of drug-likeness (QED) is 0.421. The van der Waals surface area contributed by atoms with Gasteiger partial charge in [-0.15, -0.1) is 0 Å². The summed E-state index contributed by atoms with van der Waals surface area (Å²) in [6.07, 6.45) is 0. The first-order valence-electron chi connectivity index (χ1n) is 9.50. The van der Waals surface area contributed by atoms with E-state index in [0.717, 1.165) is 56.1 Å². The number of hydrogen-bond donors (Lipinski definition) is 1. The molecule has 158 valence electrons. The summed E-state index contributed by atoms with van der Waals surface area (Å²) in [6.45, 7) is 4.29. The number of carbonyl (C=O) groups excluding carboxylic acids is 2. The number of rotatable bonds is 7. The van der Waals surface area contributed by atoms with Crippen LogP contribution >= 0.6 is 0 Å². The fraction of sp³-hybridized carbons (Fsp3) is 0.333. The molecule has 2 aromatic rings. The number of nitro benzene ring substituents is 1. The van der Waals surface area contributed by atoms with Crippen molar-refractivity contribution < 1.29 is 24.0 Å². The largest absolute Gasteiger partial charge is 0.465 e. The van der Waals surface area contributed by atoms with Gasteiger partial charge in [0.05, 0.1) is 30.8 Å². The van der Waals surface area contributed by atoms with E-state index in [1.165, 1.54) is 13.2 Å². The van der Waals surface area contributed by atoms with Crippen LogP contribution in [0.4, 0.5) is 5.69 Å². The zero-order valence-corrected chi connectivity index (χ0v) is 16.6. The third-order valence-corrected chi connectivity index (χ3v) is 4.77. The van der Waals surface area contributed by atoms with E-state index in [0.29, 0.717) is 0 Å². The summed E-state index contributed by atoms with van der Waals surface area (Å²) in [6, 6.07) is 11.4. The Morgan fingerprint density at radius 1 is 1.13 bits per heavy atom. The molecule has 0 bridgehead atoms. The summed E-state index contributed by atoms with van der Waals surface area (Å²) in [5, 5.41) is 13.9.